The Morgan fingerprint density at radius 1 is 0.971 bits per heavy atom. The van der Waals surface area contributed by atoms with Gasteiger partial charge in [0.2, 0.25) is 0 Å². The third kappa shape index (κ3) is 4.72. The second kappa shape index (κ2) is 9.93. The van der Waals surface area contributed by atoms with E-state index < -0.39 is 17.8 Å². The third-order valence-corrected chi connectivity index (χ3v) is 6.06. The summed E-state index contributed by atoms with van der Waals surface area (Å²) in [5.41, 5.74) is 3.69. The van der Waals surface area contributed by atoms with E-state index in [4.69, 9.17) is 16.3 Å². The molecule has 0 radical (unpaired) electrons. The molecule has 0 unspecified atom stereocenters. The van der Waals surface area contributed by atoms with Gasteiger partial charge in [-0.1, -0.05) is 54.9 Å². The number of benzene rings is 3. The Kier molecular flexibility index (Phi) is 6.80. The van der Waals surface area contributed by atoms with Gasteiger partial charge in [-0.25, -0.2) is 9.69 Å². The van der Waals surface area contributed by atoms with Crippen LogP contribution in [0.5, 0.6) is 5.75 Å². The highest BCUT2D eigenvalue weighted by molar-refractivity contribution is 6.39. The van der Waals surface area contributed by atoms with Crippen molar-refractivity contribution in [2.45, 2.75) is 19.8 Å². The quantitative estimate of drug-likeness (QED) is 0.395. The van der Waals surface area contributed by atoms with E-state index in [0.717, 1.165) is 28.0 Å². The van der Waals surface area contributed by atoms with E-state index in [1.165, 1.54) is 6.08 Å². The second-order valence-electron chi connectivity index (χ2n) is 7.81. The molecule has 3 aromatic rings. The SMILES string of the molecule is CCc1ccc(N2C(=O)NC(=O)/C(=C\c3ccc(OC)cc3Cc3ccccc3Cl)C2=O)cc1. The highest BCUT2D eigenvalue weighted by Gasteiger charge is 2.36. The number of ether oxygens (including phenoxy) is 1. The van der Waals surface area contributed by atoms with Crippen LogP contribution in [-0.4, -0.2) is 25.0 Å². The van der Waals surface area contributed by atoms with Gasteiger partial charge in [0.25, 0.3) is 11.8 Å². The zero-order valence-electron chi connectivity index (χ0n) is 18.8. The maximum absolute atomic E-state index is 13.3. The van der Waals surface area contributed by atoms with Crippen LogP contribution >= 0.6 is 11.6 Å². The summed E-state index contributed by atoms with van der Waals surface area (Å²) < 4.78 is 5.37. The van der Waals surface area contributed by atoms with Crippen LogP contribution in [0.1, 0.15) is 29.2 Å². The number of halogens is 1. The number of urea groups is 1. The summed E-state index contributed by atoms with van der Waals surface area (Å²) in [5.74, 6) is -0.787. The molecule has 0 aromatic heterocycles. The van der Waals surface area contributed by atoms with Crippen molar-refractivity contribution >= 4 is 41.2 Å². The zero-order chi connectivity index (χ0) is 24.2. The number of methoxy groups -OCH3 is 1. The molecule has 0 bridgehead atoms. The van der Waals surface area contributed by atoms with Gasteiger partial charge in [-0.3, -0.25) is 14.9 Å². The van der Waals surface area contributed by atoms with Crippen LogP contribution in [0.3, 0.4) is 0 Å². The summed E-state index contributed by atoms with van der Waals surface area (Å²) in [6, 6.07) is 19.1. The first-order chi connectivity index (χ1) is 16.4. The Morgan fingerprint density at radius 3 is 2.38 bits per heavy atom. The molecular formula is C27H23ClN2O4. The lowest BCUT2D eigenvalue weighted by Gasteiger charge is -2.26. The molecular weight excluding hydrogens is 452 g/mol. The van der Waals surface area contributed by atoms with E-state index in [-0.39, 0.29) is 5.57 Å². The first kappa shape index (κ1) is 23.3. The van der Waals surface area contributed by atoms with Gasteiger partial charge in [-0.15, -0.1) is 0 Å². The largest absolute Gasteiger partial charge is 0.497 e. The van der Waals surface area contributed by atoms with Crippen molar-refractivity contribution in [3.05, 3.63) is 99.6 Å². The van der Waals surface area contributed by atoms with Crippen molar-refractivity contribution in [3.63, 3.8) is 0 Å². The fourth-order valence-corrected chi connectivity index (χ4v) is 3.98. The second-order valence-corrected chi connectivity index (χ2v) is 8.22. The summed E-state index contributed by atoms with van der Waals surface area (Å²) in [5, 5.41) is 2.88. The maximum Gasteiger partial charge on any atom is 0.335 e. The number of hydrogen-bond acceptors (Lipinski definition) is 4. The highest BCUT2D eigenvalue weighted by Crippen LogP contribution is 2.28. The topological polar surface area (TPSA) is 75.7 Å². The van der Waals surface area contributed by atoms with Gasteiger partial charge in [0.05, 0.1) is 12.8 Å². The summed E-state index contributed by atoms with van der Waals surface area (Å²) >= 11 is 6.35. The lowest BCUT2D eigenvalue weighted by atomic mass is 9.96. The van der Waals surface area contributed by atoms with Gasteiger partial charge in [0, 0.05) is 5.02 Å². The number of barbiturate groups is 1. The Balaban J connectivity index is 1.74. The molecule has 1 aliphatic rings. The molecule has 1 fully saturated rings. The van der Waals surface area contributed by atoms with Crippen LogP contribution in [0.25, 0.3) is 6.08 Å². The lowest BCUT2D eigenvalue weighted by molar-refractivity contribution is -0.122. The number of nitrogens with zero attached hydrogens (tertiary/aromatic N) is 1. The molecule has 3 aromatic carbocycles. The number of carbonyl (C=O) groups excluding carboxylic acids is 3. The van der Waals surface area contributed by atoms with Gasteiger partial charge >= 0.3 is 6.03 Å². The molecule has 7 heteroatoms. The van der Waals surface area contributed by atoms with Crippen LogP contribution in [0.4, 0.5) is 10.5 Å². The van der Waals surface area contributed by atoms with E-state index in [9.17, 15) is 14.4 Å². The van der Waals surface area contributed by atoms with E-state index >= 15 is 0 Å². The van der Waals surface area contributed by atoms with E-state index in [1.54, 1.807) is 37.4 Å². The van der Waals surface area contributed by atoms with Gasteiger partial charge < -0.3 is 4.74 Å². The molecule has 1 saturated heterocycles. The average molecular weight is 475 g/mol. The van der Waals surface area contributed by atoms with Gasteiger partial charge in [-0.05, 0) is 71.5 Å². The average Bonchev–Trinajstić information content (AvgIpc) is 2.84. The number of carbonyl (C=O) groups is 3. The molecule has 172 valence electrons. The third-order valence-electron chi connectivity index (χ3n) is 5.69. The Bertz CT molecular complexity index is 1300. The molecule has 1 N–H and O–H groups in total. The summed E-state index contributed by atoms with van der Waals surface area (Å²) in [6.07, 6.45) is 2.80. The van der Waals surface area contributed by atoms with Crippen LogP contribution in [0, 0.1) is 0 Å². The molecule has 0 saturated carbocycles. The molecule has 0 aliphatic carbocycles. The van der Waals surface area contributed by atoms with Crippen molar-refractivity contribution in [2.75, 3.05) is 12.0 Å². The number of aryl methyl sites for hydroxylation is 1. The number of rotatable bonds is 6. The fraction of sp³-hybridized carbons (Fsp3) is 0.148. The molecule has 4 amide bonds. The minimum Gasteiger partial charge on any atom is -0.497 e. The Hall–Kier alpha value is -3.90. The van der Waals surface area contributed by atoms with Crippen molar-refractivity contribution in [3.8, 4) is 5.75 Å². The Morgan fingerprint density at radius 2 is 1.71 bits per heavy atom. The Labute approximate surface area is 202 Å². The maximum atomic E-state index is 13.3. The highest BCUT2D eigenvalue weighted by atomic mass is 35.5. The molecule has 1 heterocycles. The van der Waals surface area contributed by atoms with Crippen LogP contribution in [0.15, 0.2) is 72.3 Å². The van der Waals surface area contributed by atoms with Gasteiger partial charge in [-0.2, -0.15) is 0 Å². The number of hydrogen-bond donors (Lipinski definition) is 1. The van der Waals surface area contributed by atoms with Crippen LogP contribution in [0.2, 0.25) is 5.02 Å². The standard InChI is InChI=1S/C27H23ClN2O4/c1-3-17-8-11-21(12-9-17)30-26(32)23(25(31)29-27(30)33)16-18-10-13-22(34-2)15-20(18)14-19-6-4-5-7-24(19)28/h4-13,15-16H,3,14H2,1-2H3,(H,29,31,33)/b23-16+. The molecule has 0 atom stereocenters. The van der Waals surface area contributed by atoms with Crippen molar-refractivity contribution in [1.29, 1.82) is 0 Å². The predicted octanol–water partition coefficient (Wildman–Crippen LogP) is 5.17. The molecule has 0 spiro atoms. The fourth-order valence-electron chi connectivity index (χ4n) is 3.78. The van der Waals surface area contributed by atoms with Crippen molar-refractivity contribution < 1.29 is 19.1 Å². The monoisotopic (exact) mass is 474 g/mol. The summed E-state index contributed by atoms with van der Waals surface area (Å²) in [4.78, 5) is 39.4. The van der Waals surface area contributed by atoms with Crippen molar-refractivity contribution in [2.24, 2.45) is 0 Å². The van der Waals surface area contributed by atoms with E-state index in [1.807, 2.05) is 43.3 Å². The minimum absolute atomic E-state index is 0.134. The van der Waals surface area contributed by atoms with Crippen molar-refractivity contribution in [1.82, 2.24) is 5.32 Å². The van der Waals surface area contributed by atoms with E-state index in [0.29, 0.717) is 28.4 Å². The minimum atomic E-state index is -0.776. The molecule has 1 aliphatic heterocycles. The number of anilines is 1. The first-order valence-electron chi connectivity index (χ1n) is 10.8. The first-order valence-corrected chi connectivity index (χ1v) is 11.2. The lowest BCUT2D eigenvalue weighted by Crippen LogP contribution is -2.54. The normalized spacial score (nSPS) is 15.0. The van der Waals surface area contributed by atoms with E-state index in [2.05, 4.69) is 5.32 Å². The predicted molar refractivity (Wildman–Crippen MR) is 132 cm³/mol. The molecule has 4 rings (SSSR count). The van der Waals surface area contributed by atoms with Crippen LogP contribution < -0.4 is 15.0 Å². The summed E-state index contributed by atoms with van der Waals surface area (Å²) in [7, 11) is 1.57. The van der Waals surface area contributed by atoms with Gasteiger partial charge in [0.15, 0.2) is 0 Å². The smallest absolute Gasteiger partial charge is 0.335 e. The number of amides is 4. The van der Waals surface area contributed by atoms with Crippen LogP contribution in [-0.2, 0) is 22.4 Å². The number of imide groups is 2. The number of nitrogens with one attached hydrogen (secondary N) is 1. The summed E-state index contributed by atoms with van der Waals surface area (Å²) in [6.45, 7) is 2.02. The molecule has 34 heavy (non-hydrogen) atoms. The zero-order valence-corrected chi connectivity index (χ0v) is 19.6. The van der Waals surface area contributed by atoms with Gasteiger partial charge in [0.1, 0.15) is 11.3 Å². The molecule has 6 nitrogen and oxygen atoms in total.